The molecule has 1 fully saturated rings. The Hall–Kier alpha value is -3.06. The van der Waals surface area contributed by atoms with E-state index in [0.717, 1.165) is 0 Å². The smallest absolute Gasteiger partial charge is 0.415 e. The van der Waals surface area contributed by atoms with Gasteiger partial charge in [-0.3, -0.25) is 4.90 Å². The number of carbonyl (C=O) groups is 2. The van der Waals surface area contributed by atoms with E-state index >= 15 is 0 Å². The van der Waals surface area contributed by atoms with Gasteiger partial charge in [-0.25, -0.2) is 9.59 Å². The van der Waals surface area contributed by atoms with E-state index in [2.05, 4.69) is 4.74 Å². The van der Waals surface area contributed by atoms with Gasteiger partial charge in [0.2, 0.25) is 0 Å². The largest absolute Gasteiger partial charge is 0.491 e. The molecule has 0 spiro atoms. The highest BCUT2D eigenvalue weighted by Gasteiger charge is 2.29. The van der Waals surface area contributed by atoms with Crippen LogP contribution < -0.4 is 9.47 Å². The molecule has 7 heteroatoms. The summed E-state index contributed by atoms with van der Waals surface area (Å²) in [4.78, 5) is 25.6. The van der Waals surface area contributed by atoms with Crippen molar-refractivity contribution in [2.24, 2.45) is 0 Å². The van der Waals surface area contributed by atoms with Crippen molar-refractivity contribution in [2.45, 2.75) is 6.04 Å². The molecule has 1 saturated heterocycles. The number of rotatable bonds is 5. The van der Waals surface area contributed by atoms with E-state index in [9.17, 15) is 9.59 Å². The van der Waals surface area contributed by atoms with Gasteiger partial charge in [-0.1, -0.05) is 18.2 Å². The summed E-state index contributed by atoms with van der Waals surface area (Å²) >= 11 is 0. The highest BCUT2D eigenvalue weighted by Crippen LogP contribution is 2.17. The Morgan fingerprint density at radius 2 is 1.81 bits per heavy atom. The Bertz CT molecular complexity index is 762. The number of hydrogen-bond acceptors (Lipinski definition) is 6. The van der Waals surface area contributed by atoms with Gasteiger partial charge in [0.25, 0.3) is 0 Å². The molecule has 1 aliphatic rings. The fourth-order valence-corrected chi connectivity index (χ4v) is 2.68. The van der Waals surface area contributed by atoms with Crippen LogP contribution in [0.5, 0.6) is 11.5 Å². The van der Waals surface area contributed by atoms with Gasteiger partial charge in [0.1, 0.15) is 18.1 Å². The molecule has 3 rings (SSSR count). The number of esters is 1. The molecule has 142 valence electrons. The van der Waals surface area contributed by atoms with Crippen LogP contribution in [0.4, 0.5) is 4.79 Å². The minimum absolute atomic E-state index is 0.251. The minimum atomic E-state index is -0.431. The molecule has 1 amide bonds. The summed E-state index contributed by atoms with van der Waals surface area (Å²) in [5, 5.41) is 0. The maximum absolute atomic E-state index is 12.5. The van der Waals surface area contributed by atoms with Crippen LogP contribution in [0.2, 0.25) is 0 Å². The minimum Gasteiger partial charge on any atom is -0.491 e. The first-order valence-corrected chi connectivity index (χ1v) is 8.60. The third kappa shape index (κ3) is 4.98. The van der Waals surface area contributed by atoms with E-state index in [1.807, 2.05) is 6.07 Å². The van der Waals surface area contributed by atoms with Crippen molar-refractivity contribution in [3.63, 3.8) is 0 Å². The normalized spacial score (nSPS) is 16.5. The number of amides is 1. The van der Waals surface area contributed by atoms with E-state index in [4.69, 9.17) is 14.2 Å². The monoisotopic (exact) mass is 371 g/mol. The Labute approximate surface area is 157 Å². The van der Waals surface area contributed by atoms with Gasteiger partial charge in [0, 0.05) is 6.54 Å². The average molecular weight is 371 g/mol. The lowest BCUT2D eigenvalue weighted by Gasteiger charge is -2.34. The Balaban J connectivity index is 1.58. The molecular formula is C20H21NO6. The van der Waals surface area contributed by atoms with Crippen LogP contribution >= 0.6 is 0 Å². The van der Waals surface area contributed by atoms with Crippen LogP contribution in [0, 0.1) is 0 Å². The lowest BCUT2D eigenvalue weighted by atomic mass is 10.2. The molecule has 1 aliphatic heterocycles. The third-order valence-electron chi connectivity index (χ3n) is 4.13. The predicted molar refractivity (Wildman–Crippen MR) is 97.1 cm³/mol. The summed E-state index contributed by atoms with van der Waals surface area (Å²) in [5.74, 6) is 0.675. The predicted octanol–water partition coefficient (Wildman–Crippen LogP) is 2.75. The molecule has 27 heavy (non-hydrogen) atoms. The van der Waals surface area contributed by atoms with Crippen LogP contribution in [0.1, 0.15) is 10.4 Å². The van der Waals surface area contributed by atoms with Crippen LogP contribution in [0.15, 0.2) is 54.6 Å². The van der Waals surface area contributed by atoms with E-state index in [0.29, 0.717) is 36.8 Å². The van der Waals surface area contributed by atoms with Crippen molar-refractivity contribution < 1.29 is 28.5 Å². The summed E-state index contributed by atoms with van der Waals surface area (Å²) in [5.41, 5.74) is 0.443. The summed E-state index contributed by atoms with van der Waals surface area (Å²) in [7, 11) is 1.33. The number of morpholine rings is 1. The number of hydrogen-bond donors (Lipinski definition) is 0. The van der Waals surface area contributed by atoms with Gasteiger partial charge in [0.15, 0.2) is 0 Å². The lowest BCUT2D eigenvalue weighted by Crippen LogP contribution is -2.52. The van der Waals surface area contributed by atoms with Crippen molar-refractivity contribution >= 4 is 12.1 Å². The first-order chi connectivity index (χ1) is 13.2. The van der Waals surface area contributed by atoms with Crippen LogP contribution in [-0.2, 0) is 9.47 Å². The van der Waals surface area contributed by atoms with Crippen molar-refractivity contribution in [3.05, 3.63) is 60.2 Å². The molecular weight excluding hydrogens is 350 g/mol. The average Bonchev–Trinajstić information content (AvgIpc) is 2.73. The lowest BCUT2D eigenvalue weighted by molar-refractivity contribution is -0.0129. The van der Waals surface area contributed by atoms with Gasteiger partial charge in [-0.15, -0.1) is 0 Å². The zero-order valence-electron chi connectivity index (χ0n) is 15.0. The quantitative estimate of drug-likeness (QED) is 0.753. The summed E-state index contributed by atoms with van der Waals surface area (Å²) < 4.78 is 21.3. The molecule has 2 aromatic rings. The van der Waals surface area contributed by atoms with E-state index in [-0.39, 0.29) is 12.6 Å². The molecule has 7 nitrogen and oxygen atoms in total. The first kappa shape index (κ1) is 18.7. The molecule has 0 bridgehead atoms. The SMILES string of the molecule is COC(=O)c1ccc(OCC2COCCN2C(=O)Oc2ccccc2)cc1. The molecule has 0 N–H and O–H groups in total. The number of ether oxygens (including phenoxy) is 4. The molecule has 1 heterocycles. The number of benzene rings is 2. The molecule has 0 aromatic heterocycles. The molecule has 1 unspecified atom stereocenters. The van der Waals surface area contributed by atoms with Crippen molar-refractivity contribution in [1.29, 1.82) is 0 Å². The van der Waals surface area contributed by atoms with E-state index in [1.54, 1.807) is 53.4 Å². The Kier molecular flexibility index (Phi) is 6.27. The van der Waals surface area contributed by atoms with Crippen LogP contribution in [0.25, 0.3) is 0 Å². The second-order valence-corrected chi connectivity index (χ2v) is 5.93. The summed E-state index contributed by atoms with van der Waals surface area (Å²) in [6.07, 6.45) is -0.431. The number of nitrogens with zero attached hydrogens (tertiary/aromatic N) is 1. The summed E-state index contributed by atoms with van der Waals surface area (Å²) in [6.45, 7) is 1.50. The van der Waals surface area contributed by atoms with Crippen LogP contribution in [-0.4, -0.2) is 56.5 Å². The molecule has 2 aromatic carbocycles. The third-order valence-corrected chi connectivity index (χ3v) is 4.13. The molecule has 1 atom stereocenters. The Morgan fingerprint density at radius 3 is 2.52 bits per heavy atom. The van der Waals surface area contributed by atoms with Crippen molar-refractivity contribution in [3.8, 4) is 11.5 Å². The van der Waals surface area contributed by atoms with Gasteiger partial charge in [-0.05, 0) is 36.4 Å². The van der Waals surface area contributed by atoms with Crippen molar-refractivity contribution in [2.75, 3.05) is 33.5 Å². The maximum Gasteiger partial charge on any atom is 0.415 e. The van der Waals surface area contributed by atoms with Gasteiger partial charge >= 0.3 is 12.1 Å². The van der Waals surface area contributed by atoms with Gasteiger partial charge in [0.05, 0.1) is 31.9 Å². The zero-order chi connectivity index (χ0) is 19.1. The zero-order valence-corrected chi connectivity index (χ0v) is 15.0. The van der Waals surface area contributed by atoms with Crippen LogP contribution in [0.3, 0.4) is 0 Å². The fraction of sp³-hybridized carbons (Fsp3) is 0.300. The molecule has 0 aliphatic carbocycles. The molecule has 0 saturated carbocycles. The highest BCUT2D eigenvalue weighted by atomic mass is 16.6. The first-order valence-electron chi connectivity index (χ1n) is 8.60. The van der Waals surface area contributed by atoms with Crippen molar-refractivity contribution in [1.82, 2.24) is 4.90 Å². The van der Waals surface area contributed by atoms with Gasteiger partial charge < -0.3 is 18.9 Å². The second-order valence-electron chi connectivity index (χ2n) is 5.93. The number of carbonyl (C=O) groups excluding carboxylic acids is 2. The summed E-state index contributed by atoms with van der Waals surface area (Å²) in [6, 6.07) is 15.3. The molecule has 0 radical (unpaired) electrons. The highest BCUT2D eigenvalue weighted by molar-refractivity contribution is 5.89. The maximum atomic E-state index is 12.5. The van der Waals surface area contributed by atoms with E-state index < -0.39 is 12.1 Å². The van der Waals surface area contributed by atoms with E-state index in [1.165, 1.54) is 7.11 Å². The topological polar surface area (TPSA) is 74.3 Å². The van der Waals surface area contributed by atoms with Gasteiger partial charge in [-0.2, -0.15) is 0 Å². The number of para-hydroxylation sites is 1. The Morgan fingerprint density at radius 1 is 1.07 bits per heavy atom. The fourth-order valence-electron chi connectivity index (χ4n) is 2.68. The standard InChI is InChI=1S/C20H21NO6/c1-24-19(22)15-7-9-17(10-8-15)26-14-16-13-25-12-11-21(16)20(23)27-18-5-3-2-4-6-18/h2-10,16H,11-14H2,1H3. The number of methoxy groups -OCH3 is 1. The second kappa shape index (κ2) is 9.05.